The molecular weight excluding hydrogens is 601 g/mol. The predicted molar refractivity (Wildman–Crippen MR) is 175 cm³/mol. The Balaban J connectivity index is 1.35. The Labute approximate surface area is 269 Å². The van der Waals surface area contributed by atoms with Crippen molar-refractivity contribution < 1.29 is 19.1 Å². The van der Waals surface area contributed by atoms with Gasteiger partial charge in [-0.3, -0.25) is 19.0 Å². The normalized spacial score (nSPS) is 15.7. The number of fused-ring (bicyclic) bond motifs is 2. The molecule has 1 aliphatic carbocycles. The number of primary amides is 1. The Kier molecular flexibility index (Phi) is 7.90. The van der Waals surface area contributed by atoms with Crippen LogP contribution in [0.15, 0.2) is 65.7 Å². The molecule has 3 aromatic heterocycles. The molecule has 2 aliphatic rings. The number of likely N-dealkylation sites (tertiary alicyclic amines) is 1. The van der Waals surface area contributed by atoms with E-state index in [0.717, 1.165) is 42.8 Å². The first-order valence-electron chi connectivity index (χ1n) is 15.7. The molecule has 1 amide bonds. The van der Waals surface area contributed by atoms with Gasteiger partial charge in [-0.1, -0.05) is 24.3 Å². The number of aliphatic hydroxyl groups is 1. The number of Topliss-reactive ketones (excluding diaryl/α,β-unsaturated/α-hetero) is 1. The number of nitrogens with zero attached hydrogens (tertiary/aromatic N) is 5. The van der Waals surface area contributed by atoms with Gasteiger partial charge in [-0.15, -0.1) is 0 Å². The van der Waals surface area contributed by atoms with E-state index >= 15 is 0 Å². The van der Waals surface area contributed by atoms with Gasteiger partial charge in [0, 0.05) is 52.6 Å². The van der Waals surface area contributed by atoms with Gasteiger partial charge in [-0.25, -0.2) is 13.9 Å². The Morgan fingerprint density at radius 2 is 1.68 bits per heavy atom. The number of piperidine rings is 1. The summed E-state index contributed by atoms with van der Waals surface area (Å²) in [5.41, 5.74) is 16.5. The van der Waals surface area contributed by atoms with Gasteiger partial charge in [0.15, 0.2) is 11.6 Å². The fraction of sp³-hybridized carbons (Fsp3) is 0.286. The predicted octanol–water partition coefficient (Wildman–Crippen LogP) is 3.73. The van der Waals surface area contributed by atoms with E-state index in [1.54, 1.807) is 12.1 Å². The van der Waals surface area contributed by atoms with Crippen molar-refractivity contribution in [2.75, 3.05) is 32.0 Å². The van der Waals surface area contributed by atoms with Crippen LogP contribution < -0.4 is 17.0 Å². The number of amides is 1. The van der Waals surface area contributed by atoms with E-state index in [2.05, 4.69) is 21.0 Å². The van der Waals surface area contributed by atoms with Gasteiger partial charge in [0.25, 0.3) is 11.5 Å². The summed E-state index contributed by atoms with van der Waals surface area (Å²) >= 11 is 0. The lowest BCUT2D eigenvalue weighted by Gasteiger charge is -2.31. The summed E-state index contributed by atoms with van der Waals surface area (Å²) in [5.74, 6) is -1.05. The second kappa shape index (κ2) is 12.2. The topological polar surface area (TPSA) is 162 Å². The van der Waals surface area contributed by atoms with Crippen LogP contribution in [0.4, 0.5) is 10.2 Å². The van der Waals surface area contributed by atoms with Crippen molar-refractivity contribution in [1.82, 2.24) is 24.1 Å². The smallest absolute Gasteiger partial charge is 0.268 e. The summed E-state index contributed by atoms with van der Waals surface area (Å²) in [6.07, 6.45) is 4.49. The Hall–Kier alpha value is -5.20. The minimum Gasteiger partial charge on any atom is -0.395 e. The van der Waals surface area contributed by atoms with E-state index in [4.69, 9.17) is 11.5 Å². The zero-order valence-electron chi connectivity index (χ0n) is 25.7. The number of β-amino-alcohol motifs (C(OH)–C–C–N with tert-alkyl or cyclic N) is 1. The Morgan fingerprint density at radius 1 is 0.979 bits per heavy atom. The van der Waals surface area contributed by atoms with Crippen LogP contribution in [0.5, 0.6) is 0 Å². The number of aliphatic hydroxyl groups excluding tert-OH is 1. The van der Waals surface area contributed by atoms with Gasteiger partial charge in [-0.05, 0) is 80.2 Å². The molecule has 0 radical (unpaired) electrons. The van der Waals surface area contributed by atoms with Crippen molar-refractivity contribution in [3.05, 3.63) is 99.6 Å². The third-order valence-electron chi connectivity index (χ3n) is 9.42. The van der Waals surface area contributed by atoms with Crippen molar-refractivity contribution in [1.29, 1.82) is 0 Å². The third kappa shape index (κ3) is 5.29. The first-order chi connectivity index (χ1) is 22.8. The minimum atomic E-state index is -0.954. The molecule has 0 bridgehead atoms. The van der Waals surface area contributed by atoms with Gasteiger partial charge >= 0.3 is 0 Å². The number of pyridine rings is 1. The monoisotopic (exact) mass is 635 g/mol. The average Bonchev–Trinajstić information content (AvgIpc) is 3.46. The molecule has 0 spiro atoms. The quantitative estimate of drug-likeness (QED) is 0.244. The first kappa shape index (κ1) is 30.5. The zero-order valence-corrected chi connectivity index (χ0v) is 25.7. The number of aromatic nitrogens is 4. The minimum absolute atomic E-state index is 0.133. The second-order valence-corrected chi connectivity index (χ2v) is 12.1. The molecule has 7 rings (SSSR count). The molecule has 0 saturated carbocycles. The standard InChI is InChI=1S/C35H34FN7O4/c36-23-8-10-24(11-9-23)42-26-2-1-3-28(45)30(26)29(31(34(38)46)35(42)47)22-6-4-20(5-7-22)25-18-27(43-32(25)33(37)39-19-40-43)21-12-14-41(15-13-21)16-17-44/h4-11,18-19,21,44H,1-3,12-17H2,(H2,38,46)(H2,37,39,40). The van der Waals surface area contributed by atoms with Crippen LogP contribution in [0.25, 0.3) is 33.5 Å². The van der Waals surface area contributed by atoms with Crippen molar-refractivity contribution in [2.24, 2.45) is 5.73 Å². The number of carbonyl (C=O) groups excluding carboxylic acids is 2. The van der Waals surface area contributed by atoms with Gasteiger partial charge < -0.3 is 21.5 Å². The lowest BCUT2D eigenvalue weighted by atomic mass is 9.84. The maximum Gasteiger partial charge on any atom is 0.268 e. The summed E-state index contributed by atoms with van der Waals surface area (Å²) in [5, 5.41) is 13.9. The van der Waals surface area contributed by atoms with Crippen LogP contribution in [-0.2, 0) is 6.42 Å². The molecule has 0 atom stereocenters. The molecular formula is C35H34FN7O4. The number of halogens is 1. The molecule has 47 heavy (non-hydrogen) atoms. The number of nitrogens with two attached hydrogens (primary N) is 2. The third-order valence-corrected chi connectivity index (χ3v) is 9.42. The van der Waals surface area contributed by atoms with Gasteiger partial charge in [0.2, 0.25) is 0 Å². The van der Waals surface area contributed by atoms with E-state index < -0.39 is 17.3 Å². The Bertz CT molecular complexity index is 2080. The lowest BCUT2D eigenvalue weighted by molar-refractivity contribution is 0.0971. The molecule has 4 heterocycles. The van der Waals surface area contributed by atoms with Crippen LogP contribution in [0, 0.1) is 5.82 Å². The molecule has 5 aromatic rings. The molecule has 2 aromatic carbocycles. The number of hydrogen-bond donors (Lipinski definition) is 3. The summed E-state index contributed by atoms with van der Waals surface area (Å²) in [7, 11) is 0. The number of hydrogen-bond acceptors (Lipinski definition) is 8. The van der Waals surface area contributed by atoms with E-state index in [-0.39, 0.29) is 41.4 Å². The molecule has 5 N–H and O–H groups in total. The van der Waals surface area contributed by atoms with Crippen LogP contribution in [0.2, 0.25) is 0 Å². The van der Waals surface area contributed by atoms with E-state index in [0.29, 0.717) is 47.7 Å². The van der Waals surface area contributed by atoms with E-state index in [9.17, 15) is 23.9 Å². The first-order valence-corrected chi connectivity index (χ1v) is 15.7. The molecule has 1 saturated heterocycles. The lowest BCUT2D eigenvalue weighted by Crippen LogP contribution is -2.35. The highest BCUT2D eigenvalue weighted by molar-refractivity contribution is 6.10. The summed E-state index contributed by atoms with van der Waals surface area (Å²) < 4.78 is 16.9. The van der Waals surface area contributed by atoms with Gasteiger partial charge in [-0.2, -0.15) is 5.10 Å². The molecule has 1 fully saturated rings. The highest BCUT2D eigenvalue weighted by atomic mass is 19.1. The average molecular weight is 636 g/mol. The van der Waals surface area contributed by atoms with Crippen molar-refractivity contribution >= 4 is 23.0 Å². The van der Waals surface area contributed by atoms with Crippen LogP contribution >= 0.6 is 0 Å². The number of ketones is 1. The fourth-order valence-corrected chi connectivity index (χ4v) is 7.19. The van der Waals surface area contributed by atoms with Crippen LogP contribution in [0.1, 0.15) is 63.7 Å². The fourth-order valence-electron chi connectivity index (χ4n) is 7.19. The highest BCUT2D eigenvalue weighted by Gasteiger charge is 2.32. The van der Waals surface area contributed by atoms with Crippen LogP contribution in [-0.4, -0.2) is 67.1 Å². The zero-order chi connectivity index (χ0) is 32.8. The second-order valence-electron chi connectivity index (χ2n) is 12.1. The summed E-state index contributed by atoms with van der Waals surface area (Å²) in [6.45, 7) is 2.53. The van der Waals surface area contributed by atoms with E-state index in [1.807, 2.05) is 16.6 Å². The SMILES string of the molecule is NC(=O)c1c(-c2ccc(-c3cc(C4CCN(CCO)CC4)n4ncnc(N)c34)cc2)c2c(n(-c3ccc(F)cc3)c1=O)CCCC2=O. The number of nitrogen functional groups attached to an aromatic ring is 1. The highest BCUT2D eigenvalue weighted by Crippen LogP contribution is 2.39. The van der Waals surface area contributed by atoms with Gasteiger partial charge in [0.05, 0.1) is 6.61 Å². The molecule has 1 aliphatic heterocycles. The number of benzene rings is 2. The van der Waals surface area contributed by atoms with Gasteiger partial charge in [0.1, 0.15) is 23.2 Å². The maximum atomic E-state index is 14.0. The number of rotatable bonds is 7. The van der Waals surface area contributed by atoms with Crippen molar-refractivity contribution in [3.63, 3.8) is 0 Å². The summed E-state index contributed by atoms with van der Waals surface area (Å²) in [6, 6.07) is 14.7. The van der Waals surface area contributed by atoms with Crippen molar-refractivity contribution in [2.45, 2.75) is 38.0 Å². The molecule has 11 nitrogen and oxygen atoms in total. The van der Waals surface area contributed by atoms with E-state index in [1.165, 1.54) is 35.2 Å². The maximum absolute atomic E-state index is 14.0. The largest absolute Gasteiger partial charge is 0.395 e. The Morgan fingerprint density at radius 3 is 2.36 bits per heavy atom. The number of anilines is 1. The van der Waals surface area contributed by atoms with Crippen molar-refractivity contribution in [3.8, 4) is 27.9 Å². The molecule has 12 heteroatoms. The molecule has 0 unspecified atom stereocenters. The van der Waals surface area contributed by atoms with Crippen LogP contribution in [0.3, 0.4) is 0 Å². The number of carbonyl (C=O) groups is 2. The summed E-state index contributed by atoms with van der Waals surface area (Å²) in [4.78, 5) is 46.9. The molecule has 240 valence electrons.